The van der Waals surface area contributed by atoms with Crippen molar-refractivity contribution in [2.75, 3.05) is 0 Å². The van der Waals surface area contributed by atoms with Crippen LogP contribution in [0.3, 0.4) is 0 Å². The molecule has 0 saturated heterocycles. The first kappa shape index (κ1) is 17.0. The Morgan fingerprint density at radius 1 is 0.708 bits per heavy atom. The number of hydrogen-bond donors (Lipinski definition) is 0. The van der Waals surface area contributed by atoms with E-state index in [1.54, 1.807) is 5.57 Å². The second kappa shape index (κ2) is 6.59. The Balaban J connectivity index is 2.07. The lowest BCUT2D eigenvalue weighted by molar-refractivity contribution is 0.534. The van der Waals surface area contributed by atoms with E-state index in [9.17, 15) is 0 Å². The molecule has 1 atom stereocenters. The van der Waals surface area contributed by atoms with Gasteiger partial charge in [0.25, 0.3) is 0 Å². The number of allylic oxidation sites excluding steroid dienone is 2. The second-order valence-electron chi connectivity index (χ2n) is 7.70. The maximum Gasteiger partial charge on any atom is -0.0149 e. The molecule has 1 aliphatic rings. The fourth-order valence-electron chi connectivity index (χ4n) is 3.92. The summed E-state index contributed by atoms with van der Waals surface area (Å²) in [5.41, 5.74) is 12.9. The lowest BCUT2D eigenvalue weighted by Crippen LogP contribution is -2.03. The standard InChI is InChI=1S/C24H30/c1-15-7-10-21(11-8-15)22-13-14-24(20(6)19(22)5)23-12-9-16(2)17(3)18(23)4/h9-10,12-15H,7-8,11H2,1-6H3. The summed E-state index contributed by atoms with van der Waals surface area (Å²) in [6, 6.07) is 9.24. The lowest BCUT2D eigenvalue weighted by atomic mass is 9.83. The van der Waals surface area contributed by atoms with Gasteiger partial charge in [0, 0.05) is 0 Å². The van der Waals surface area contributed by atoms with Crippen LogP contribution in [-0.2, 0) is 0 Å². The van der Waals surface area contributed by atoms with Crippen molar-refractivity contribution in [1.29, 1.82) is 0 Å². The molecule has 126 valence electrons. The van der Waals surface area contributed by atoms with E-state index in [1.165, 1.54) is 63.8 Å². The molecular weight excluding hydrogens is 288 g/mol. The fourth-order valence-corrected chi connectivity index (χ4v) is 3.92. The van der Waals surface area contributed by atoms with Crippen molar-refractivity contribution < 1.29 is 0 Å². The predicted octanol–water partition coefficient (Wildman–Crippen LogP) is 7.10. The van der Waals surface area contributed by atoms with Crippen LogP contribution in [0.25, 0.3) is 16.7 Å². The van der Waals surface area contributed by atoms with E-state index in [4.69, 9.17) is 0 Å². The van der Waals surface area contributed by atoms with Gasteiger partial charge in [0.05, 0.1) is 0 Å². The van der Waals surface area contributed by atoms with Gasteiger partial charge in [-0.05, 0) is 110 Å². The lowest BCUT2D eigenvalue weighted by Gasteiger charge is -2.22. The average Bonchev–Trinajstić information content (AvgIpc) is 2.57. The Bertz CT molecular complexity index is 805. The van der Waals surface area contributed by atoms with Crippen molar-refractivity contribution >= 4 is 5.57 Å². The largest absolute Gasteiger partial charge is 0.0804 e. The molecule has 0 heteroatoms. The monoisotopic (exact) mass is 318 g/mol. The third-order valence-electron chi connectivity index (χ3n) is 6.15. The minimum atomic E-state index is 0.840. The van der Waals surface area contributed by atoms with Crippen molar-refractivity contribution in [2.24, 2.45) is 5.92 Å². The molecule has 1 aliphatic carbocycles. The van der Waals surface area contributed by atoms with Gasteiger partial charge in [0.15, 0.2) is 0 Å². The average molecular weight is 319 g/mol. The molecule has 0 bridgehead atoms. The van der Waals surface area contributed by atoms with Gasteiger partial charge in [-0.1, -0.05) is 37.3 Å². The SMILES string of the molecule is Cc1ccc(-c2ccc(C3=CCC(C)CC3)c(C)c2C)c(C)c1C. The highest BCUT2D eigenvalue weighted by Crippen LogP contribution is 2.37. The molecular formula is C24H30. The van der Waals surface area contributed by atoms with E-state index in [0.29, 0.717) is 0 Å². The van der Waals surface area contributed by atoms with Crippen LogP contribution < -0.4 is 0 Å². The van der Waals surface area contributed by atoms with Crippen molar-refractivity contribution in [3.63, 3.8) is 0 Å². The molecule has 0 heterocycles. The van der Waals surface area contributed by atoms with Crippen LogP contribution in [0.5, 0.6) is 0 Å². The van der Waals surface area contributed by atoms with E-state index >= 15 is 0 Å². The van der Waals surface area contributed by atoms with Gasteiger partial charge in [0.2, 0.25) is 0 Å². The summed E-state index contributed by atoms with van der Waals surface area (Å²) in [5, 5.41) is 0. The molecule has 0 aliphatic heterocycles. The molecule has 0 amide bonds. The van der Waals surface area contributed by atoms with E-state index in [-0.39, 0.29) is 0 Å². The number of hydrogen-bond acceptors (Lipinski definition) is 0. The summed E-state index contributed by atoms with van der Waals surface area (Å²) >= 11 is 0. The zero-order valence-corrected chi connectivity index (χ0v) is 16.1. The zero-order valence-electron chi connectivity index (χ0n) is 16.1. The Morgan fingerprint density at radius 2 is 1.25 bits per heavy atom. The number of aryl methyl sites for hydroxylation is 1. The summed E-state index contributed by atoms with van der Waals surface area (Å²) in [5.74, 6) is 0.840. The third kappa shape index (κ3) is 2.95. The first-order valence-corrected chi connectivity index (χ1v) is 9.27. The van der Waals surface area contributed by atoms with Crippen molar-refractivity contribution in [3.05, 3.63) is 63.7 Å². The van der Waals surface area contributed by atoms with Gasteiger partial charge in [0.1, 0.15) is 0 Å². The quantitative estimate of drug-likeness (QED) is 0.554. The highest BCUT2D eigenvalue weighted by Gasteiger charge is 2.16. The second-order valence-corrected chi connectivity index (χ2v) is 7.70. The maximum atomic E-state index is 2.47. The summed E-state index contributed by atoms with van der Waals surface area (Å²) in [7, 11) is 0. The molecule has 2 aromatic rings. The van der Waals surface area contributed by atoms with Crippen molar-refractivity contribution in [3.8, 4) is 11.1 Å². The molecule has 0 saturated carbocycles. The van der Waals surface area contributed by atoms with Gasteiger partial charge in [-0.15, -0.1) is 0 Å². The highest BCUT2D eigenvalue weighted by molar-refractivity contribution is 5.78. The normalized spacial score (nSPS) is 17.8. The molecule has 0 radical (unpaired) electrons. The van der Waals surface area contributed by atoms with E-state index < -0.39 is 0 Å². The zero-order chi connectivity index (χ0) is 17.4. The molecule has 24 heavy (non-hydrogen) atoms. The first-order chi connectivity index (χ1) is 11.4. The Kier molecular flexibility index (Phi) is 4.67. The van der Waals surface area contributed by atoms with Crippen LogP contribution in [0.1, 0.15) is 59.6 Å². The van der Waals surface area contributed by atoms with Gasteiger partial charge in [-0.25, -0.2) is 0 Å². The summed E-state index contributed by atoms with van der Waals surface area (Å²) < 4.78 is 0. The smallest absolute Gasteiger partial charge is 0.0149 e. The van der Waals surface area contributed by atoms with Crippen LogP contribution in [-0.4, -0.2) is 0 Å². The number of benzene rings is 2. The Labute approximate surface area is 147 Å². The molecule has 2 aromatic carbocycles. The molecule has 0 aromatic heterocycles. The molecule has 3 rings (SSSR count). The minimum Gasteiger partial charge on any atom is -0.0804 e. The minimum absolute atomic E-state index is 0.840. The van der Waals surface area contributed by atoms with Crippen LogP contribution >= 0.6 is 0 Å². The topological polar surface area (TPSA) is 0 Å². The highest BCUT2D eigenvalue weighted by atomic mass is 14.2. The van der Waals surface area contributed by atoms with E-state index in [1.807, 2.05) is 0 Å². The van der Waals surface area contributed by atoms with E-state index in [2.05, 4.69) is 71.9 Å². The third-order valence-corrected chi connectivity index (χ3v) is 6.15. The number of rotatable bonds is 2. The van der Waals surface area contributed by atoms with Crippen molar-refractivity contribution in [2.45, 2.75) is 60.8 Å². The van der Waals surface area contributed by atoms with E-state index in [0.717, 1.165) is 5.92 Å². The van der Waals surface area contributed by atoms with Crippen LogP contribution in [0, 0.1) is 40.5 Å². The predicted molar refractivity (Wildman–Crippen MR) is 107 cm³/mol. The van der Waals surface area contributed by atoms with Crippen LogP contribution in [0.2, 0.25) is 0 Å². The first-order valence-electron chi connectivity index (χ1n) is 9.27. The Hall–Kier alpha value is -1.82. The van der Waals surface area contributed by atoms with Crippen LogP contribution in [0.4, 0.5) is 0 Å². The summed E-state index contributed by atoms with van der Waals surface area (Å²) in [4.78, 5) is 0. The van der Waals surface area contributed by atoms with Gasteiger partial charge in [-0.3, -0.25) is 0 Å². The molecule has 0 N–H and O–H groups in total. The summed E-state index contributed by atoms with van der Waals surface area (Å²) in [6.45, 7) is 13.6. The van der Waals surface area contributed by atoms with Gasteiger partial charge in [-0.2, -0.15) is 0 Å². The fraction of sp³-hybridized carbons (Fsp3) is 0.417. The summed E-state index contributed by atoms with van der Waals surface area (Å²) in [6.07, 6.45) is 6.24. The molecule has 0 fully saturated rings. The van der Waals surface area contributed by atoms with Gasteiger partial charge >= 0.3 is 0 Å². The molecule has 0 spiro atoms. The Morgan fingerprint density at radius 3 is 1.88 bits per heavy atom. The van der Waals surface area contributed by atoms with Gasteiger partial charge < -0.3 is 0 Å². The molecule has 1 unspecified atom stereocenters. The molecule has 0 nitrogen and oxygen atoms in total. The van der Waals surface area contributed by atoms with Crippen LogP contribution in [0.15, 0.2) is 30.3 Å². The maximum absolute atomic E-state index is 2.47. The van der Waals surface area contributed by atoms with Crippen molar-refractivity contribution in [1.82, 2.24) is 0 Å².